The first-order chi connectivity index (χ1) is 16.0. The number of benzene rings is 1. The topological polar surface area (TPSA) is 121 Å². The first kappa shape index (κ1) is 22.5. The molecule has 0 bridgehead atoms. The molecule has 3 heterocycles. The number of carbonyl (C=O) groups excluding carboxylic acids is 1. The summed E-state index contributed by atoms with van der Waals surface area (Å²) in [6.45, 7) is 3.54. The third-order valence-electron chi connectivity index (χ3n) is 7.00. The monoisotopic (exact) mass is 476 g/mol. The Morgan fingerprint density at radius 2 is 1.91 bits per heavy atom. The van der Waals surface area contributed by atoms with E-state index in [0.717, 1.165) is 90.5 Å². The van der Waals surface area contributed by atoms with E-state index >= 15 is 0 Å². The van der Waals surface area contributed by atoms with Crippen molar-refractivity contribution in [2.24, 2.45) is 10.9 Å². The van der Waals surface area contributed by atoms with Gasteiger partial charge in [0.1, 0.15) is 17.3 Å². The number of hydrogen-bond donors (Lipinski definition) is 3. The Bertz CT molecular complexity index is 1070. The molecule has 1 aromatic heterocycles. The van der Waals surface area contributed by atoms with Crippen molar-refractivity contribution < 1.29 is 18.7 Å². The lowest BCUT2D eigenvalue weighted by molar-refractivity contribution is -0.0686. The number of hydrogen-bond acceptors (Lipinski definition) is 7. The number of likely N-dealkylation sites (tertiary alicyclic amines) is 1. The van der Waals surface area contributed by atoms with Gasteiger partial charge in [-0.05, 0) is 66.3 Å². The molecule has 11 heteroatoms. The van der Waals surface area contributed by atoms with Gasteiger partial charge in [-0.2, -0.15) is 5.10 Å². The van der Waals surface area contributed by atoms with Crippen molar-refractivity contribution in [2.75, 3.05) is 32.1 Å². The van der Waals surface area contributed by atoms with Crippen molar-refractivity contribution in [2.45, 2.75) is 55.7 Å². The fourth-order valence-corrected chi connectivity index (χ4v) is 5.45. The van der Waals surface area contributed by atoms with Crippen LogP contribution in [0.2, 0.25) is 0 Å². The van der Waals surface area contributed by atoms with Gasteiger partial charge in [-0.25, -0.2) is 13.9 Å². The van der Waals surface area contributed by atoms with Crippen molar-refractivity contribution >= 4 is 23.7 Å². The number of fused-ring (bicyclic) bond motifs is 3. The molecule has 5 N–H and O–H groups in total. The highest BCUT2D eigenvalue weighted by Gasteiger charge is 2.36. The second-order valence-corrected chi connectivity index (χ2v) is 9.51. The van der Waals surface area contributed by atoms with Gasteiger partial charge in [0.2, 0.25) is 5.88 Å². The summed E-state index contributed by atoms with van der Waals surface area (Å²) in [6.07, 6.45) is 6.34. The Kier molecular flexibility index (Phi) is 6.21. The van der Waals surface area contributed by atoms with E-state index in [-0.39, 0.29) is 5.82 Å². The van der Waals surface area contributed by atoms with Crippen LogP contribution in [-0.4, -0.2) is 59.7 Å². The number of carbonyl (C=O) groups is 1. The number of primary amides is 1. The molecule has 4 aliphatic rings. The van der Waals surface area contributed by atoms with Crippen molar-refractivity contribution in [3.8, 4) is 5.88 Å². The molecule has 0 spiro atoms. The van der Waals surface area contributed by atoms with E-state index in [1.807, 2.05) is 4.68 Å². The summed E-state index contributed by atoms with van der Waals surface area (Å²) >= 11 is 1.18. The number of rotatable bonds is 4. The summed E-state index contributed by atoms with van der Waals surface area (Å²) in [5.74, 6) is 0.765. The Morgan fingerprint density at radius 3 is 2.58 bits per heavy atom. The lowest BCUT2D eigenvalue weighted by Crippen LogP contribution is -2.59. The van der Waals surface area contributed by atoms with Gasteiger partial charge in [0.25, 0.3) is 0 Å². The van der Waals surface area contributed by atoms with E-state index in [1.54, 1.807) is 13.3 Å². The van der Waals surface area contributed by atoms with Gasteiger partial charge in [-0.15, -0.1) is 0 Å². The molecule has 0 saturated carbocycles. The largest absolute Gasteiger partial charge is 0.475 e. The first-order valence-electron chi connectivity index (χ1n) is 11.2. The molecule has 2 aliphatic carbocycles. The van der Waals surface area contributed by atoms with E-state index in [0.29, 0.717) is 18.8 Å². The van der Waals surface area contributed by atoms with Gasteiger partial charge in [0.15, 0.2) is 0 Å². The number of nitrogens with two attached hydrogens (primary N) is 2. The maximum atomic E-state index is 14.0. The molecule has 0 radical (unpaired) electrons. The number of aromatic nitrogens is 2. The molecule has 6 rings (SSSR count). The van der Waals surface area contributed by atoms with Crippen molar-refractivity contribution in [1.29, 1.82) is 0 Å². The first-order valence-corrected chi connectivity index (χ1v) is 12.1. The molecule has 1 aromatic carbocycles. The van der Waals surface area contributed by atoms with Crippen LogP contribution in [0.3, 0.4) is 0 Å². The van der Waals surface area contributed by atoms with Crippen LogP contribution >= 0.6 is 11.9 Å². The molecule has 1 saturated heterocycles. The van der Waals surface area contributed by atoms with Crippen LogP contribution in [-0.2, 0) is 37.0 Å². The van der Waals surface area contributed by atoms with Gasteiger partial charge in [0.05, 0.1) is 24.9 Å². The summed E-state index contributed by atoms with van der Waals surface area (Å²) < 4.78 is 26.9. The number of nitrogens with one attached hydrogen (secondary N) is 1. The summed E-state index contributed by atoms with van der Waals surface area (Å²) in [5, 5.41) is 12.5. The van der Waals surface area contributed by atoms with Crippen LogP contribution in [0.1, 0.15) is 28.7 Å². The van der Waals surface area contributed by atoms with Crippen LogP contribution in [0.5, 0.6) is 5.88 Å². The zero-order valence-corrected chi connectivity index (χ0v) is 19.4. The van der Waals surface area contributed by atoms with Crippen LogP contribution in [0, 0.1) is 5.82 Å². The molecule has 2 aliphatic heterocycles. The lowest BCUT2D eigenvalue weighted by Gasteiger charge is -2.44. The second kappa shape index (κ2) is 9.13. The van der Waals surface area contributed by atoms with E-state index < -0.39 is 6.03 Å². The molecule has 1 unspecified atom stereocenters. The SMILES string of the molecule is COC1CN(C2COc3c(SN)cnn3C2)C1.NC(=O)Nc1c2c(c(F)c3c1CC3)CCC2. The molecule has 2 amide bonds. The van der Waals surface area contributed by atoms with Gasteiger partial charge in [-0.1, -0.05) is 0 Å². The smallest absolute Gasteiger partial charge is 0.316 e. The van der Waals surface area contributed by atoms with Crippen molar-refractivity contribution in [1.82, 2.24) is 14.7 Å². The average molecular weight is 477 g/mol. The minimum absolute atomic E-state index is 0.0382. The predicted molar refractivity (Wildman–Crippen MR) is 123 cm³/mol. The highest BCUT2D eigenvalue weighted by molar-refractivity contribution is 7.97. The number of ether oxygens (including phenoxy) is 2. The summed E-state index contributed by atoms with van der Waals surface area (Å²) in [5.41, 5.74) is 9.45. The zero-order valence-electron chi connectivity index (χ0n) is 18.6. The van der Waals surface area contributed by atoms with Gasteiger partial charge >= 0.3 is 6.03 Å². The molecular formula is C22H29FN6O3S. The van der Waals surface area contributed by atoms with Gasteiger partial charge in [-0.3, -0.25) is 10.0 Å². The Hall–Kier alpha value is -2.34. The molecule has 2 aromatic rings. The number of urea groups is 1. The number of anilines is 1. The number of amides is 2. The number of methoxy groups -OCH3 is 1. The van der Waals surface area contributed by atoms with E-state index in [2.05, 4.69) is 15.3 Å². The summed E-state index contributed by atoms with van der Waals surface area (Å²) in [6, 6.07) is -0.167. The van der Waals surface area contributed by atoms with Crippen LogP contribution < -0.4 is 20.9 Å². The van der Waals surface area contributed by atoms with Gasteiger partial charge < -0.3 is 20.5 Å². The van der Waals surface area contributed by atoms with Crippen molar-refractivity contribution in [3.63, 3.8) is 0 Å². The maximum absolute atomic E-state index is 14.0. The molecule has 178 valence electrons. The van der Waals surface area contributed by atoms with E-state index in [1.165, 1.54) is 11.9 Å². The summed E-state index contributed by atoms with van der Waals surface area (Å²) in [7, 11) is 1.76. The minimum atomic E-state index is -0.560. The minimum Gasteiger partial charge on any atom is -0.475 e. The second-order valence-electron chi connectivity index (χ2n) is 8.84. The maximum Gasteiger partial charge on any atom is 0.316 e. The van der Waals surface area contributed by atoms with E-state index in [9.17, 15) is 9.18 Å². The zero-order chi connectivity index (χ0) is 23.1. The fourth-order valence-electron chi connectivity index (χ4n) is 5.07. The van der Waals surface area contributed by atoms with Crippen LogP contribution in [0.15, 0.2) is 11.1 Å². The van der Waals surface area contributed by atoms with Gasteiger partial charge in [0, 0.05) is 25.9 Å². The van der Waals surface area contributed by atoms with Crippen molar-refractivity contribution in [3.05, 3.63) is 34.3 Å². The van der Waals surface area contributed by atoms with Crippen LogP contribution in [0.25, 0.3) is 0 Å². The van der Waals surface area contributed by atoms with Crippen LogP contribution in [0.4, 0.5) is 14.9 Å². The average Bonchev–Trinajstić information content (AvgIpc) is 3.38. The fraction of sp³-hybridized carbons (Fsp3) is 0.545. The predicted octanol–water partition coefficient (Wildman–Crippen LogP) is 1.84. The molecule has 33 heavy (non-hydrogen) atoms. The Labute approximate surface area is 196 Å². The molecule has 1 fully saturated rings. The van der Waals surface area contributed by atoms with E-state index in [4.69, 9.17) is 20.3 Å². The molecular weight excluding hydrogens is 447 g/mol. The standard InChI is InChI=1S/C12H13FN2O.C10H16N4O2S/c13-10-6-2-1-3-8(6)11(15-12(14)16)9-5-4-7(9)10;1-15-8-4-13(5-8)7-3-14-10(16-6-7)9(17-11)2-12-14/h1-5H2,(H3,14,15,16);2,7-8H,3-6,11H2,1H3. The number of halogens is 1. The highest BCUT2D eigenvalue weighted by Crippen LogP contribution is 2.41. The third kappa shape index (κ3) is 4.07. The molecule has 1 atom stereocenters. The number of nitrogens with zero attached hydrogens (tertiary/aromatic N) is 3. The highest BCUT2D eigenvalue weighted by atomic mass is 32.2. The normalized spacial score (nSPS) is 20.9. The third-order valence-corrected chi connectivity index (χ3v) is 7.53. The molecule has 9 nitrogen and oxygen atoms in total. The Balaban J connectivity index is 0.000000139. The lowest BCUT2D eigenvalue weighted by atomic mass is 9.83. The summed E-state index contributed by atoms with van der Waals surface area (Å²) in [4.78, 5) is 14.2. The quantitative estimate of drug-likeness (QED) is 0.576. The Morgan fingerprint density at radius 1 is 1.21 bits per heavy atom.